The second kappa shape index (κ2) is 5.85. The minimum atomic E-state index is -0.0328. The van der Waals surface area contributed by atoms with E-state index in [-0.39, 0.29) is 11.9 Å². The van der Waals surface area contributed by atoms with Gasteiger partial charge in [0, 0.05) is 49.7 Å². The summed E-state index contributed by atoms with van der Waals surface area (Å²) >= 11 is 1.85. The zero-order chi connectivity index (χ0) is 15.9. The van der Waals surface area contributed by atoms with Crippen molar-refractivity contribution in [3.63, 3.8) is 0 Å². The number of carbonyl (C=O) groups is 1. The number of hydrogen-bond acceptors (Lipinski definition) is 4. The Morgan fingerprint density at radius 3 is 2.82 bits per heavy atom. The molecule has 0 spiro atoms. The van der Waals surface area contributed by atoms with Crippen molar-refractivity contribution in [1.82, 2.24) is 19.4 Å². The smallest absolute Gasteiger partial charge is 0.273 e. The summed E-state index contributed by atoms with van der Waals surface area (Å²) < 4.78 is 2.12. The van der Waals surface area contributed by atoms with Gasteiger partial charge in [-0.1, -0.05) is 0 Å². The molecule has 0 saturated heterocycles. The van der Waals surface area contributed by atoms with Crippen LogP contribution in [-0.2, 0) is 13.1 Å². The molecule has 3 heterocycles. The van der Waals surface area contributed by atoms with Crippen LogP contribution in [0.5, 0.6) is 0 Å². The molecule has 1 aliphatic rings. The van der Waals surface area contributed by atoms with Gasteiger partial charge in [0.25, 0.3) is 5.91 Å². The maximum atomic E-state index is 12.1. The van der Waals surface area contributed by atoms with Gasteiger partial charge in [0.2, 0.25) is 0 Å². The molecule has 1 amide bonds. The molecule has 0 radical (unpaired) electrons. The Kier molecular flexibility index (Phi) is 4.06. The van der Waals surface area contributed by atoms with Gasteiger partial charge in [-0.25, -0.2) is 4.98 Å². The van der Waals surface area contributed by atoms with Crippen LogP contribution in [0.3, 0.4) is 0 Å². The number of aryl methyl sites for hydroxylation is 1. The third kappa shape index (κ3) is 2.80. The molecular formula is C16H22N4OS. The minimum Gasteiger partial charge on any atom is -0.343 e. The largest absolute Gasteiger partial charge is 0.343 e. The van der Waals surface area contributed by atoms with Crippen LogP contribution in [0.1, 0.15) is 39.0 Å². The number of amides is 1. The van der Waals surface area contributed by atoms with E-state index in [2.05, 4.69) is 40.4 Å². The number of rotatable bonds is 3. The van der Waals surface area contributed by atoms with E-state index in [0.717, 1.165) is 25.5 Å². The molecule has 5 nitrogen and oxygen atoms in total. The normalized spacial score (nSPS) is 18.3. The number of thiophene rings is 1. The minimum absolute atomic E-state index is 0.0328. The van der Waals surface area contributed by atoms with Crippen molar-refractivity contribution in [2.75, 3.05) is 20.6 Å². The maximum absolute atomic E-state index is 12.1. The number of fused-ring (bicyclic) bond motifs is 1. The summed E-state index contributed by atoms with van der Waals surface area (Å²) in [4.78, 5) is 23.4. The Morgan fingerprint density at radius 1 is 1.41 bits per heavy atom. The van der Waals surface area contributed by atoms with E-state index in [1.165, 1.54) is 9.75 Å². The molecule has 118 valence electrons. The topological polar surface area (TPSA) is 41.4 Å². The van der Waals surface area contributed by atoms with Crippen LogP contribution < -0.4 is 0 Å². The first kappa shape index (κ1) is 15.2. The Hall–Kier alpha value is -1.66. The SMILES string of the molecule is Cc1ccc(CN2CCn3cc(C(=O)N(C)C)nc3C2C)s1. The first-order chi connectivity index (χ1) is 10.5. The Morgan fingerprint density at radius 2 is 2.18 bits per heavy atom. The summed E-state index contributed by atoms with van der Waals surface area (Å²) in [6, 6.07) is 4.60. The number of aromatic nitrogens is 2. The predicted molar refractivity (Wildman–Crippen MR) is 88.1 cm³/mol. The van der Waals surface area contributed by atoms with Crippen molar-refractivity contribution in [3.8, 4) is 0 Å². The van der Waals surface area contributed by atoms with Crippen molar-refractivity contribution in [2.45, 2.75) is 33.0 Å². The summed E-state index contributed by atoms with van der Waals surface area (Å²) in [5.41, 5.74) is 0.542. The molecule has 0 bridgehead atoms. The lowest BCUT2D eigenvalue weighted by Gasteiger charge is -2.33. The van der Waals surface area contributed by atoms with Gasteiger partial charge in [0.05, 0.1) is 6.04 Å². The lowest BCUT2D eigenvalue weighted by molar-refractivity contribution is 0.0822. The molecule has 1 unspecified atom stereocenters. The van der Waals surface area contributed by atoms with Gasteiger partial charge in [0.15, 0.2) is 0 Å². The van der Waals surface area contributed by atoms with Crippen molar-refractivity contribution in [1.29, 1.82) is 0 Å². The number of hydrogen-bond donors (Lipinski definition) is 0. The second-order valence-electron chi connectivity index (χ2n) is 6.04. The van der Waals surface area contributed by atoms with Crippen LogP contribution in [0.2, 0.25) is 0 Å². The molecule has 2 aromatic rings. The molecule has 1 atom stereocenters. The van der Waals surface area contributed by atoms with Crippen LogP contribution in [0, 0.1) is 6.92 Å². The lowest BCUT2D eigenvalue weighted by Crippen LogP contribution is -2.36. The first-order valence-corrected chi connectivity index (χ1v) is 8.35. The molecule has 2 aromatic heterocycles. The van der Waals surface area contributed by atoms with Gasteiger partial charge in [0.1, 0.15) is 11.5 Å². The van der Waals surface area contributed by atoms with Gasteiger partial charge in [-0.15, -0.1) is 11.3 Å². The van der Waals surface area contributed by atoms with Crippen LogP contribution in [0.15, 0.2) is 18.3 Å². The molecular weight excluding hydrogens is 296 g/mol. The van der Waals surface area contributed by atoms with Crippen molar-refractivity contribution in [3.05, 3.63) is 39.6 Å². The average Bonchev–Trinajstić information content (AvgIpc) is 3.08. The van der Waals surface area contributed by atoms with E-state index in [1.807, 2.05) is 17.5 Å². The third-order valence-electron chi connectivity index (χ3n) is 4.14. The van der Waals surface area contributed by atoms with Crippen LogP contribution in [0.4, 0.5) is 0 Å². The monoisotopic (exact) mass is 318 g/mol. The van der Waals surface area contributed by atoms with Crippen LogP contribution in [0.25, 0.3) is 0 Å². The standard InChI is InChI=1S/C16H22N4OS/c1-11-5-6-13(22-11)9-19-7-8-20-10-14(16(21)18(3)4)17-15(20)12(19)2/h5-6,10,12H,7-9H2,1-4H3. The van der Waals surface area contributed by atoms with Gasteiger partial charge in [-0.2, -0.15) is 0 Å². The highest BCUT2D eigenvalue weighted by Crippen LogP contribution is 2.28. The van der Waals surface area contributed by atoms with E-state index < -0.39 is 0 Å². The molecule has 1 aliphatic heterocycles. The summed E-state index contributed by atoms with van der Waals surface area (Å²) in [7, 11) is 3.52. The van der Waals surface area contributed by atoms with E-state index in [9.17, 15) is 4.79 Å². The molecule has 0 aliphatic carbocycles. The fourth-order valence-electron chi connectivity index (χ4n) is 2.85. The summed E-state index contributed by atoms with van der Waals surface area (Å²) in [6.45, 7) is 7.13. The maximum Gasteiger partial charge on any atom is 0.273 e. The zero-order valence-electron chi connectivity index (χ0n) is 13.5. The Balaban J connectivity index is 1.80. The van der Waals surface area contributed by atoms with Gasteiger partial charge >= 0.3 is 0 Å². The van der Waals surface area contributed by atoms with E-state index >= 15 is 0 Å². The zero-order valence-corrected chi connectivity index (χ0v) is 14.4. The third-order valence-corrected chi connectivity index (χ3v) is 5.12. The van der Waals surface area contributed by atoms with Gasteiger partial charge in [-0.3, -0.25) is 9.69 Å². The highest BCUT2D eigenvalue weighted by Gasteiger charge is 2.28. The molecule has 0 N–H and O–H groups in total. The van der Waals surface area contributed by atoms with Crippen molar-refractivity contribution in [2.24, 2.45) is 0 Å². The highest BCUT2D eigenvalue weighted by molar-refractivity contribution is 7.11. The van der Waals surface area contributed by atoms with Crippen LogP contribution in [-0.4, -0.2) is 45.9 Å². The molecule has 0 fully saturated rings. The molecule has 0 saturated carbocycles. The summed E-state index contributed by atoms with van der Waals surface area (Å²) in [6.07, 6.45) is 1.89. The average molecular weight is 318 g/mol. The van der Waals surface area contributed by atoms with Crippen molar-refractivity contribution < 1.29 is 4.79 Å². The number of nitrogens with zero attached hydrogens (tertiary/aromatic N) is 4. The number of imidazole rings is 1. The van der Waals surface area contributed by atoms with E-state index in [1.54, 1.807) is 19.0 Å². The Bertz CT molecular complexity index is 688. The summed E-state index contributed by atoms with van der Waals surface area (Å²) in [5.74, 6) is 0.958. The van der Waals surface area contributed by atoms with Gasteiger partial charge in [-0.05, 0) is 26.0 Å². The van der Waals surface area contributed by atoms with Crippen LogP contribution >= 0.6 is 11.3 Å². The lowest BCUT2D eigenvalue weighted by atomic mass is 10.2. The van der Waals surface area contributed by atoms with E-state index in [4.69, 9.17) is 0 Å². The molecule has 3 rings (SSSR count). The summed E-state index contributed by atoms with van der Waals surface area (Å²) in [5, 5.41) is 0. The predicted octanol–water partition coefficient (Wildman–Crippen LogP) is 2.53. The quantitative estimate of drug-likeness (QED) is 0.873. The molecule has 0 aromatic carbocycles. The fraction of sp³-hybridized carbons (Fsp3) is 0.500. The van der Waals surface area contributed by atoms with E-state index in [0.29, 0.717) is 5.69 Å². The first-order valence-electron chi connectivity index (χ1n) is 7.54. The highest BCUT2D eigenvalue weighted by atomic mass is 32.1. The number of carbonyl (C=O) groups excluding carboxylic acids is 1. The Labute approximate surface area is 135 Å². The molecule has 6 heteroatoms. The van der Waals surface area contributed by atoms with Gasteiger partial charge < -0.3 is 9.47 Å². The molecule has 22 heavy (non-hydrogen) atoms. The second-order valence-corrected chi connectivity index (χ2v) is 7.41. The fourth-order valence-corrected chi connectivity index (χ4v) is 3.77. The van der Waals surface area contributed by atoms with Crippen molar-refractivity contribution >= 4 is 17.2 Å².